The molecule has 0 saturated carbocycles. The maximum atomic E-state index is 10.8. The van der Waals surface area contributed by atoms with Crippen LogP contribution in [0.1, 0.15) is 64.4 Å². The number of carboxylic acid groups (broad SMARTS) is 2. The Labute approximate surface area is 160 Å². The van der Waals surface area contributed by atoms with Gasteiger partial charge in [-0.15, -0.1) is 0 Å². The summed E-state index contributed by atoms with van der Waals surface area (Å²) in [5, 5.41) is 35.5. The first-order valence-corrected chi connectivity index (χ1v) is 9.44. The zero-order valence-corrected chi connectivity index (χ0v) is 16.2. The van der Waals surface area contributed by atoms with Crippen LogP contribution in [-0.2, 0) is 16.0 Å². The first-order valence-electron chi connectivity index (χ1n) is 9.44. The van der Waals surface area contributed by atoms with Gasteiger partial charge in [0.05, 0.1) is 5.92 Å². The van der Waals surface area contributed by atoms with E-state index in [-0.39, 0.29) is 23.8 Å². The van der Waals surface area contributed by atoms with Crippen LogP contribution in [0.4, 0.5) is 0 Å². The lowest BCUT2D eigenvalue weighted by atomic mass is 9.96. The molecule has 0 aliphatic carbocycles. The number of carbonyl (C=O) groups is 2. The van der Waals surface area contributed by atoms with Crippen LogP contribution in [0.5, 0.6) is 11.5 Å². The molecule has 7 heteroatoms. The second kappa shape index (κ2) is 13.9. The molecule has 0 saturated heterocycles. The molecular formula is C20H33NO6. The van der Waals surface area contributed by atoms with Gasteiger partial charge in [-0.25, -0.2) is 0 Å². The number of phenolic OH excluding ortho intramolecular Hbond substituents is 2. The predicted molar refractivity (Wildman–Crippen MR) is 104 cm³/mol. The molecule has 0 aliphatic rings. The monoisotopic (exact) mass is 383 g/mol. The number of aliphatic carboxylic acids is 2. The number of hydrogen-bond donors (Lipinski definition) is 5. The molecule has 1 aromatic carbocycles. The van der Waals surface area contributed by atoms with Crippen LogP contribution in [0.15, 0.2) is 18.2 Å². The smallest absolute Gasteiger partial charge is 0.320 e. The minimum Gasteiger partial charge on any atom is -0.504 e. The summed E-state index contributed by atoms with van der Waals surface area (Å²) in [6.07, 6.45) is 7.50. The Morgan fingerprint density at radius 1 is 0.926 bits per heavy atom. The maximum absolute atomic E-state index is 10.8. The lowest BCUT2D eigenvalue weighted by Crippen LogP contribution is -2.32. The zero-order chi connectivity index (χ0) is 20.8. The van der Waals surface area contributed by atoms with Gasteiger partial charge in [0.2, 0.25) is 0 Å². The summed E-state index contributed by atoms with van der Waals surface area (Å²) < 4.78 is 0. The van der Waals surface area contributed by atoms with Crippen molar-refractivity contribution in [1.29, 1.82) is 0 Å². The fraction of sp³-hybridized carbons (Fsp3) is 0.600. The number of unbranched alkanes of at least 4 members (excludes halogenated alkanes) is 3. The molecule has 27 heavy (non-hydrogen) atoms. The fourth-order valence-corrected chi connectivity index (χ4v) is 2.59. The molecule has 0 radical (unpaired) electrons. The van der Waals surface area contributed by atoms with Crippen molar-refractivity contribution in [3.05, 3.63) is 23.8 Å². The topological polar surface area (TPSA) is 141 Å². The van der Waals surface area contributed by atoms with Gasteiger partial charge < -0.3 is 26.2 Å². The standard InChI is InChI=1S/C11H22O2.C9H11NO4/c1-3-5-6-7-9-10(8-4-2)11(12)13;10-6(9(13)14)3-5-1-2-7(11)8(12)4-5/h10H,3-9H2,1-2H3,(H,12,13);1-2,4,6,11-12H,3,10H2,(H,13,14)/t10-;6-/m10/s1. The van der Waals surface area contributed by atoms with Gasteiger partial charge in [0, 0.05) is 0 Å². The Morgan fingerprint density at radius 2 is 1.59 bits per heavy atom. The van der Waals surface area contributed by atoms with E-state index in [2.05, 4.69) is 6.92 Å². The van der Waals surface area contributed by atoms with E-state index < -0.39 is 18.0 Å². The average molecular weight is 383 g/mol. The van der Waals surface area contributed by atoms with E-state index in [0.29, 0.717) is 5.56 Å². The fourth-order valence-electron chi connectivity index (χ4n) is 2.59. The van der Waals surface area contributed by atoms with Gasteiger partial charge in [-0.3, -0.25) is 9.59 Å². The number of rotatable bonds is 11. The van der Waals surface area contributed by atoms with Crippen molar-refractivity contribution in [2.24, 2.45) is 11.7 Å². The quantitative estimate of drug-likeness (QED) is 0.291. The third kappa shape index (κ3) is 11.1. The molecule has 1 rings (SSSR count). The number of nitrogens with two attached hydrogens (primary N) is 1. The Bertz CT molecular complexity index is 576. The van der Waals surface area contributed by atoms with Crippen LogP contribution in [0.2, 0.25) is 0 Å². The van der Waals surface area contributed by atoms with Crippen LogP contribution in [0.3, 0.4) is 0 Å². The van der Waals surface area contributed by atoms with E-state index in [1.807, 2.05) is 6.92 Å². The molecule has 0 fully saturated rings. The molecule has 0 aromatic heterocycles. The number of carboxylic acids is 2. The lowest BCUT2D eigenvalue weighted by molar-refractivity contribution is -0.142. The Hall–Kier alpha value is -2.28. The van der Waals surface area contributed by atoms with Crippen LogP contribution in [0.25, 0.3) is 0 Å². The molecule has 7 nitrogen and oxygen atoms in total. The molecule has 2 atom stereocenters. The maximum Gasteiger partial charge on any atom is 0.320 e. The van der Waals surface area contributed by atoms with Crippen LogP contribution in [0, 0.1) is 5.92 Å². The lowest BCUT2D eigenvalue weighted by Gasteiger charge is -2.09. The summed E-state index contributed by atoms with van der Waals surface area (Å²) in [7, 11) is 0. The minimum atomic E-state index is -1.10. The van der Waals surface area contributed by atoms with Crippen molar-refractivity contribution in [1.82, 2.24) is 0 Å². The summed E-state index contributed by atoms with van der Waals surface area (Å²) in [6, 6.07) is 3.09. The molecule has 0 aliphatic heterocycles. The summed E-state index contributed by atoms with van der Waals surface area (Å²) in [6.45, 7) is 4.21. The Morgan fingerprint density at radius 3 is 2.07 bits per heavy atom. The second-order valence-electron chi connectivity index (χ2n) is 6.65. The highest BCUT2D eigenvalue weighted by Crippen LogP contribution is 2.25. The van der Waals surface area contributed by atoms with Gasteiger partial charge in [0.1, 0.15) is 6.04 Å². The Balaban J connectivity index is 0.000000503. The summed E-state index contributed by atoms with van der Waals surface area (Å²) in [5.41, 5.74) is 5.86. The van der Waals surface area contributed by atoms with E-state index in [0.717, 1.165) is 25.7 Å². The van der Waals surface area contributed by atoms with Gasteiger partial charge in [-0.05, 0) is 37.0 Å². The average Bonchev–Trinajstić information content (AvgIpc) is 2.61. The predicted octanol–water partition coefficient (Wildman–Crippen LogP) is 3.51. The number of phenols is 2. The van der Waals surface area contributed by atoms with E-state index >= 15 is 0 Å². The van der Waals surface area contributed by atoms with E-state index in [9.17, 15) is 9.59 Å². The number of benzene rings is 1. The minimum absolute atomic E-state index is 0.0955. The van der Waals surface area contributed by atoms with Crippen molar-refractivity contribution in [2.45, 2.75) is 71.3 Å². The van der Waals surface area contributed by atoms with Crippen molar-refractivity contribution in [2.75, 3.05) is 0 Å². The van der Waals surface area contributed by atoms with Crippen molar-refractivity contribution < 1.29 is 30.0 Å². The number of aromatic hydroxyl groups is 2. The van der Waals surface area contributed by atoms with Crippen LogP contribution in [-0.4, -0.2) is 38.4 Å². The highest BCUT2D eigenvalue weighted by atomic mass is 16.4. The van der Waals surface area contributed by atoms with Crippen molar-refractivity contribution in [3.63, 3.8) is 0 Å². The molecule has 0 bridgehead atoms. The largest absolute Gasteiger partial charge is 0.504 e. The molecular weight excluding hydrogens is 350 g/mol. The van der Waals surface area contributed by atoms with Gasteiger partial charge in [0.25, 0.3) is 0 Å². The highest BCUT2D eigenvalue weighted by molar-refractivity contribution is 5.73. The number of hydrogen-bond acceptors (Lipinski definition) is 5. The van der Waals surface area contributed by atoms with Gasteiger partial charge >= 0.3 is 11.9 Å². The van der Waals surface area contributed by atoms with Gasteiger partial charge in [0.15, 0.2) is 11.5 Å². The molecule has 0 heterocycles. The van der Waals surface area contributed by atoms with E-state index in [1.165, 1.54) is 37.5 Å². The molecule has 0 amide bonds. The third-order valence-electron chi connectivity index (χ3n) is 4.21. The normalized spacial score (nSPS) is 12.6. The molecule has 6 N–H and O–H groups in total. The highest BCUT2D eigenvalue weighted by Gasteiger charge is 2.15. The molecule has 0 unspecified atom stereocenters. The molecule has 1 aromatic rings. The van der Waals surface area contributed by atoms with Gasteiger partial charge in [-0.1, -0.05) is 52.0 Å². The Kier molecular flexibility index (Phi) is 12.7. The summed E-state index contributed by atoms with van der Waals surface area (Å²) in [4.78, 5) is 21.2. The SMILES string of the molecule is CCCCCC[C@@H](CCC)C(=O)O.N[C@@H](Cc1ccc(O)c(O)c1)C(=O)O. The van der Waals surface area contributed by atoms with Crippen LogP contribution < -0.4 is 5.73 Å². The summed E-state index contributed by atoms with van der Waals surface area (Å²) >= 11 is 0. The third-order valence-corrected chi connectivity index (χ3v) is 4.21. The van der Waals surface area contributed by atoms with E-state index in [1.54, 1.807) is 0 Å². The first-order chi connectivity index (χ1) is 12.7. The zero-order valence-electron chi connectivity index (χ0n) is 16.2. The van der Waals surface area contributed by atoms with Crippen LogP contribution >= 0.6 is 0 Å². The first kappa shape index (κ1) is 24.7. The molecule has 0 spiro atoms. The molecule has 154 valence electrons. The van der Waals surface area contributed by atoms with Crippen molar-refractivity contribution >= 4 is 11.9 Å². The summed E-state index contributed by atoms with van der Waals surface area (Å²) in [5.74, 6) is -2.32. The van der Waals surface area contributed by atoms with E-state index in [4.69, 9.17) is 26.2 Å². The van der Waals surface area contributed by atoms with Crippen molar-refractivity contribution in [3.8, 4) is 11.5 Å². The second-order valence-corrected chi connectivity index (χ2v) is 6.65. The van der Waals surface area contributed by atoms with Gasteiger partial charge in [-0.2, -0.15) is 0 Å².